The van der Waals surface area contributed by atoms with Gasteiger partial charge in [-0.1, -0.05) is 6.07 Å². The Morgan fingerprint density at radius 2 is 2.33 bits per heavy atom. The number of benzene rings is 1. The van der Waals surface area contributed by atoms with Gasteiger partial charge < -0.3 is 11.1 Å². The maximum atomic E-state index is 11.2. The van der Waals surface area contributed by atoms with Gasteiger partial charge in [-0.15, -0.1) is 11.8 Å². The number of hydrogen-bond donors (Lipinski definition) is 2. The van der Waals surface area contributed by atoms with Crippen molar-refractivity contribution < 1.29 is 4.79 Å². The average molecular weight is 222 g/mol. The Balaban J connectivity index is 2.17. The standard InChI is InChI=1S/C11H14N2OS/c12-5-1-2-8-3-4-10-9(6-8)13-11(14)7-15-10/h3-4,6H,1-2,5,7,12H2,(H,13,14). The number of carbonyl (C=O) groups is 1. The predicted molar refractivity (Wildman–Crippen MR) is 63.2 cm³/mol. The molecule has 3 N–H and O–H groups in total. The van der Waals surface area contributed by atoms with E-state index >= 15 is 0 Å². The van der Waals surface area contributed by atoms with Crippen molar-refractivity contribution in [2.75, 3.05) is 17.6 Å². The molecule has 0 radical (unpaired) electrons. The molecule has 1 amide bonds. The van der Waals surface area contributed by atoms with Crippen molar-refractivity contribution in [3.8, 4) is 0 Å². The van der Waals surface area contributed by atoms with Crippen LogP contribution in [0.3, 0.4) is 0 Å². The van der Waals surface area contributed by atoms with Crippen LogP contribution in [0.15, 0.2) is 23.1 Å². The van der Waals surface area contributed by atoms with Crippen LogP contribution < -0.4 is 11.1 Å². The molecule has 0 aromatic heterocycles. The number of rotatable bonds is 3. The maximum absolute atomic E-state index is 11.2. The normalized spacial score (nSPS) is 14.6. The van der Waals surface area contributed by atoms with E-state index in [1.165, 1.54) is 5.56 Å². The van der Waals surface area contributed by atoms with Crippen molar-refractivity contribution in [1.82, 2.24) is 0 Å². The lowest BCUT2D eigenvalue weighted by Crippen LogP contribution is -2.18. The molecule has 1 aliphatic heterocycles. The molecule has 0 bridgehead atoms. The number of carbonyl (C=O) groups excluding carboxylic acids is 1. The lowest BCUT2D eigenvalue weighted by atomic mass is 10.1. The quantitative estimate of drug-likeness (QED) is 0.817. The minimum absolute atomic E-state index is 0.0866. The van der Waals surface area contributed by atoms with Crippen LogP contribution in [0.4, 0.5) is 5.69 Å². The molecule has 1 aliphatic rings. The summed E-state index contributed by atoms with van der Waals surface area (Å²) in [5.74, 6) is 0.610. The minimum atomic E-state index is 0.0866. The monoisotopic (exact) mass is 222 g/mol. The molecule has 2 rings (SSSR count). The summed E-state index contributed by atoms with van der Waals surface area (Å²) in [6.45, 7) is 0.707. The van der Waals surface area contributed by atoms with Gasteiger partial charge in [0.25, 0.3) is 0 Å². The first kappa shape index (κ1) is 10.5. The molecule has 1 aromatic rings. The van der Waals surface area contributed by atoms with Crippen LogP contribution in [0, 0.1) is 0 Å². The van der Waals surface area contributed by atoms with Crippen LogP contribution in [0.25, 0.3) is 0 Å². The fourth-order valence-electron chi connectivity index (χ4n) is 1.59. The highest BCUT2D eigenvalue weighted by Gasteiger charge is 2.14. The van der Waals surface area contributed by atoms with E-state index in [0.29, 0.717) is 12.3 Å². The van der Waals surface area contributed by atoms with Crippen molar-refractivity contribution in [2.24, 2.45) is 5.73 Å². The van der Waals surface area contributed by atoms with Crippen LogP contribution in [-0.2, 0) is 11.2 Å². The molecule has 1 aromatic carbocycles. The highest BCUT2D eigenvalue weighted by molar-refractivity contribution is 8.00. The van der Waals surface area contributed by atoms with Gasteiger partial charge in [0.15, 0.2) is 0 Å². The third-order valence-corrected chi connectivity index (χ3v) is 3.42. The highest BCUT2D eigenvalue weighted by atomic mass is 32.2. The maximum Gasteiger partial charge on any atom is 0.234 e. The van der Waals surface area contributed by atoms with Gasteiger partial charge in [-0.2, -0.15) is 0 Å². The second-order valence-electron chi connectivity index (χ2n) is 3.56. The van der Waals surface area contributed by atoms with Crippen molar-refractivity contribution in [3.05, 3.63) is 23.8 Å². The van der Waals surface area contributed by atoms with Crippen LogP contribution in [0.1, 0.15) is 12.0 Å². The SMILES string of the molecule is NCCCc1ccc2c(c1)NC(=O)CS2. The lowest BCUT2D eigenvalue weighted by Gasteiger charge is -2.16. The molecule has 0 spiro atoms. The number of nitrogens with two attached hydrogens (primary N) is 1. The molecule has 0 fully saturated rings. The summed E-state index contributed by atoms with van der Waals surface area (Å²) >= 11 is 1.59. The largest absolute Gasteiger partial charge is 0.330 e. The zero-order valence-corrected chi connectivity index (χ0v) is 9.27. The van der Waals surface area contributed by atoms with Gasteiger partial charge in [0.05, 0.1) is 11.4 Å². The molecule has 3 nitrogen and oxygen atoms in total. The first-order chi connectivity index (χ1) is 7.29. The van der Waals surface area contributed by atoms with Gasteiger partial charge in [-0.25, -0.2) is 0 Å². The van der Waals surface area contributed by atoms with Crippen LogP contribution in [0.5, 0.6) is 0 Å². The van der Waals surface area contributed by atoms with Crippen LogP contribution in [0.2, 0.25) is 0 Å². The Morgan fingerprint density at radius 1 is 1.47 bits per heavy atom. The Hall–Kier alpha value is -1.000. The number of thioether (sulfide) groups is 1. The van der Waals surface area contributed by atoms with Gasteiger partial charge in [0.2, 0.25) is 5.91 Å². The van der Waals surface area contributed by atoms with Crippen molar-refractivity contribution in [2.45, 2.75) is 17.7 Å². The van der Waals surface area contributed by atoms with Crippen molar-refractivity contribution in [3.63, 3.8) is 0 Å². The number of aryl methyl sites for hydroxylation is 1. The first-order valence-corrected chi connectivity index (χ1v) is 6.04. The Labute approximate surface area is 93.4 Å². The zero-order chi connectivity index (χ0) is 10.7. The molecule has 0 saturated heterocycles. The molecule has 0 atom stereocenters. The molecular formula is C11H14N2OS. The summed E-state index contributed by atoms with van der Waals surface area (Å²) in [6, 6.07) is 6.24. The average Bonchev–Trinajstić information content (AvgIpc) is 2.25. The summed E-state index contributed by atoms with van der Waals surface area (Å²) in [4.78, 5) is 12.4. The number of hydrogen-bond acceptors (Lipinski definition) is 3. The number of fused-ring (bicyclic) bond motifs is 1. The van der Waals surface area contributed by atoms with E-state index in [-0.39, 0.29) is 5.91 Å². The number of anilines is 1. The fraction of sp³-hybridized carbons (Fsp3) is 0.364. The zero-order valence-electron chi connectivity index (χ0n) is 8.45. The predicted octanol–water partition coefficient (Wildman–Crippen LogP) is 1.62. The van der Waals surface area contributed by atoms with E-state index in [1.807, 2.05) is 0 Å². The Kier molecular flexibility index (Phi) is 3.28. The lowest BCUT2D eigenvalue weighted by molar-refractivity contribution is -0.113. The highest BCUT2D eigenvalue weighted by Crippen LogP contribution is 2.32. The molecule has 80 valence electrons. The second-order valence-corrected chi connectivity index (χ2v) is 4.58. The van der Waals surface area contributed by atoms with Gasteiger partial charge in [0, 0.05) is 4.90 Å². The van der Waals surface area contributed by atoms with E-state index < -0.39 is 0 Å². The van der Waals surface area contributed by atoms with Crippen LogP contribution >= 0.6 is 11.8 Å². The minimum Gasteiger partial charge on any atom is -0.330 e. The molecule has 1 heterocycles. The number of amides is 1. The third kappa shape index (κ3) is 2.52. The summed E-state index contributed by atoms with van der Waals surface area (Å²) in [5, 5.41) is 2.89. The smallest absolute Gasteiger partial charge is 0.234 e. The van der Waals surface area contributed by atoms with Crippen LogP contribution in [-0.4, -0.2) is 18.2 Å². The van der Waals surface area contributed by atoms with E-state index in [0.717, 1.165) is 23.4 Å². The Bertz CT molecular complexity index is 379. The molecule has 0 aliphatic carbocycles. The van der Waals surface area contributed by atoms with E-state index in [4.69, 9.17) is 5.73 Å². The summed E-state index contributed by atoms with van der Waals surface area (Å²) in [7, 11) is 0. The summed E-state index contributed by atoms with van der Waals surface area (Å²) in [6.07, 6.45) is 1.96. The van der Waals surface area contributed by atoms with Gasteiger partial charge in [0.1, 0.15) is 0 Å². The van der Waals surface area contributed by atoms with E-state index in [2.05, 4.69) is 23.5 Å². The summed E-state index contributed by atoms with van der Waals surface area (Å²) < 4.78 is 0. The second kappa shape index (κ2) is 4.68. The van der Waals surface area contributed by atoms with Crippen molar-refractivity contribution in [1.29, 1.82) is 0 Å². The fourth-order valence-corrected chi connectivity index (χ4v) is 2.38. The molecule has 15 heavy (non-hydrogen) atoms. The van der Waals surface area contributed by atoms with Gasteiger partial charge in [-0.05, 0) is 37.1 Å². The summed E-state index contributed by atoms with van der Waals surface area (Å²) in [5.41, 5.74) is 7.65. The molecular weight excluding hydrogens is 208 g/mol. The van der Waals surface area contributed by atoms with E-state index in [1.54, 1.807) is 11.8 Å². The number of nitrogens with one attached hydrogen (secondary N) is 1. The van der Waals surface area contributed by atoms with Gasteiger partial charge >= 0.3 is 0 Å². The topological polar surface area (TPSA) is 55.1 Å². The molecule has 0 saturated carbocycles. The molecule has 0 unspecified atom stereocenters. The third-order valence-electron chi connectivity index (χ3n) is 2.35. The first-order valence-electron chi connectivity index (χ1n) is 5.05. The Morgan fingerprint density at radius 3 is 3.13 bits per heavy atom. The van der Waals surface area contributed by atoms with Crippen molar-refractivity contribution >= 4 is 23.4 Å². The molecule has 4 heteroatoms. The van der Waals surface area contributed by atoms with Gasteiger partial charge in [-0.3, -0.25) is 4.79 Å². The van der Waals surface area contributed by atoms with E-state index in [9.17, 15) is 4.79 Å².